The minimum Gasteiger partial charge on any atom is -0.458 e. The molecule has 15 heavy (non-hydrogen) atoms. The van der Waals surface area contributed by atoms with Crippen LogP contribution in [0.5, 0.6) is 0 Å². The highest BCUT2D eigenvalue weighted by Crippen LogP contribution is 2.22. The number of hydrogen-bond donors (Lipinski definition) is 0. The highest BCUT2D eigenvalue weighted by molar-refractivity contribution is 6.17. The smallest absolute Gasteiger partial charge is 0.195 e. The SMILES string of the molecule is Cc1ccc(-c2cnc(CCCCl)o2)o1. The zero-order valence-electron chi connectivity index (χ0n) is 8.50. The summed E-state index contributed by atoms with van der Waals surface area (Å²) in [4.78, 5) is 4.15. The molecule has 0 aliphatic rings. The van der Waals surface area contributed by atoms with Crippen molar-refractivity contribution in [1.82, 2.24) is 4.98 Å². The van der Waals surface area contributed by atoms with Crippen molar-refractivity contribution in [3.63, 3.8) is 0 Å². The Morgan fingerprint density at radius 1 is 1.27 bits per heavy atom. The van der Waals surface area contributed by atoms with E-state index in [4.69, 9.17) is 20.4 Å². The minimum absolute atomic E-state index is 0.623. The van der Waals surface area contributed by atoms with Gasteiger partial charge in [-0.25, -0.2) is 4.98 Å². The number of nitrogens with zero attached hydrogens (tertiary/aromatic N) is 1. The van der Waals surface area contributed by atoms with Gasteiger partial charge >= 0.3 is 0 Å². The van der Waals surface area contributed by atoms with Gasteiger partial charge in [-0.3, -0.25) is 0 Å². The normalized spacial score (nSPS) is 10.8. The third-order valence-corrected chi connectivity index (χ3v) is 2.33. The second kappa shape index (κ2) is 4.53. The predicted octanol–water partition coefficient (Wildman–Crippen LogP) is 3.41. The number of oxazole rings is 1. The third kappa shape index (κ3) is 2.42. The first-order chi connectivity index (χ1) is 7.29. The summed E-state index contributed by atoms with van der Waals surface area (Å²) < 4.78 is 10.9. The Balaban J connectivity index is 2.13. The first-order valence-electron chi connectivity index (χ1n) is 4.87. The van der Waals surface area contributed by atoms with Gasteiger partial charge in [-0.1, -0.05) is 0 Å². The van der Waals surface area contributed by atoms with Crippen molar-refractivity contribution < 1.29 is 8.83 Å². The summed E-state index contributed by atoms with van der Waals surface area (Å²) in [5.41, 5.74) is 0. The summed E-state index contributed by atoms with van der Waals surface area (Å²) in [5, 5.41) is 0. The van der Waals surface area contributed by atoms with Crippen LogP contribution in [0.3, 0.4) is 0 Å². The molecule has 0 amide bonds. The fraction of sp³-hybridized carbons (Fsp3) is 0.364. The second-order valence-corrected chi connectivity index (χ2v) is 3.70. The second-order valence-electron chi connectivity index (χ2n) is 3.32. The zero-order chi connectivity index (χ0) is 10.7. The van der Waals surface area contributed by atoms with E-state index in [9.17, 15) is 0 Å². The molecule has 0 saturated heterocycles. The van der Waals surface area contributed by atoms with Crippen molar-refractivity contribution in [3.8, 4) is 11.5 Å². The van der Waals surface area contributed by atoms with Gasteiger partial charge in [0, 0.05) is 12.3 Å². The molecule has 0 atom stereocenters. The van der Waals surface area contributed by atoms with E-state index in [1.807, 2.05) is 19.1 Å². The number of alkyl halides is 1. The molecule has 0 radical (unpaired) electrons. The molecule has 2 aromatic heterocycles. The number of aromatic nitrogens is 1. The Hall–Kier alpha value is -1.22. The lowest BCUT2D eigenvalue weighted by molar-refractivity contribution is 0.473. The molecule has 0 spiro atoms. The van der Waals surface area contributed by atoms with Crippen LogP contribution in [0.2, 0.25) is 0 Å². The van der Waals surface area contributed by atoms with Gasteiger partial charge in [0.05, 0.1) is 6.20 Å². The van der Waals surface area contributed by atoms with Crippen LogP contribution >= 0.6 is 11.6 Å². The molecule has 3 nitrogen and oxygen atoms in total. The Bertz CT molecular complexity index is 433. The largest absolute Gasteiger partial charge is 0.458 e. The number of aryl methyl sites for hydroxylation is 2. The van der Waals surface area contributed by atoms with Crippen LogP contribution in [-0.2, 0) is 6.42 Å². The van der Waals surface area contributed by atoms with E-state index in [0.29, 0.717) is 17.5 Å². The Morgan fingerprint density at radius 2 is 2.13 bits per heavy atom. The van der Waals surface area contributed by atoms with Gasteiger partial charge in [-0.2, -0.15) is 0 Å². The van der Waals surface area contributed by atoms with Crippen LogP contribution < -0.4 is 0 Å². The molecule has 2 rings (SSSR count). The van der Waals surface area contributed by atoms with Gasteiger partial charge in [0.25, 0.3) is 0 Å². The van der Waals surface area contributed by atoms with Crippen molar-refractivity contribution in [1.29, 1.82) is 0 Å². The molecule has 0 saturated carbocycles. The zero-order valence-corrected chi connectivity index (χ0v) is 9.25. The van der Waals surface area contributed by atoms with E-state index in [0.717, 1.165) is 24.4 Å². The van der Waals surface area contributed by atoms with Crippen LogP contribution in [0.1, 0.15) is 18.1 Å². The van der Waals surface area contributed by atoms with Crippen LogP contribution in [-0.4, -0.2) is 10.9 Å². The number of rotatable bonds is 4. The molecule has 0 fully saturated rings. The average molecular weight is 226 g/mol. The first kappa shape index (κ1) is 10.3. The topological polar surface area (TPSA) is 39.2 Å². The maximum Gasteiger partial charge on any atom is 0.195 e. The Kier molecular flexibility index (Phi) is 3.11. The van der Waals surface area contributed by atoms with Gasteiger partial charge in [0.15, 0.2) is 17.4 Å². The monoisotopic (exact) mass is 225 g/mol. The highest BCUT2D eigenvalue weighted by Gasteiger charge is 2.09. The Labute approximate surface area is 93.1 Å². The predicted molar refractivity (Wildman–Crippen MR) is 58.0 cm³/mol. The quantitative estimate of drug-likeness (QED) is 0.749. The average Bonchev–Trinajstić information content (AvgIpc) is 2.83. The van der Waals surface area contributed by atoms with Gasteiger partial charge in [0.2, 0.25) is 0 Å². The fourth-order valence-corrected chi connectivity index (χ4v) is 1.46. The summed E-state index contributed by atoms with van der Waals surface area (Å²) in [5.74, 6) is 3.59. The van der Waals surface area contributed by atoms with E-state index in [2.05, 4.69) is 4.98 Å². The summed E-state index contributed by atoms with van der Waals surface area (Å²) in [6.07, 6.45) is 3.32. The third-order valence-electron chi connectivity index (χ3n) is 2.06. The number of furan rings is 1. The molecule has 0 aromatic carbocycles. The molecule has 0 bridgehead atoms. The lowest BCUT2D eigenvalue weighted by atomic mass is 10.3. The molecule has 2 aromatic rings. The lowest BCUT2D eigenvalue weighted by Gasteiger charge is -1.91. The van der Waals surface area contributed by atoms with E-state index < -0.39 is 0 Å². The standard InChI is InChI=1S/C11H12ClNO2/c1-8-4-5-9(14-8)10-7-13-11(15-10)3-2-6-12/h4-5,7H,2-3,6H2,1H3. The molecule has 80 valence electrons. The van der Waals surface area contributed by atoms with Gasteiger partial charge in [0.1, 0.15) is 5.76 Å². The van der Waals surface area contributed by atoms with Crippen LogP contribution in [0.25, 0.3) is 11.5 Å². The molecule has 2 heterocycles. The Morgan fingerprint density at radius 3 is 2.80 bits per heavy atom. The minimum atomic E-state index is 0.623. The van der Waals surface area contributed by atoms with Crippen molar-refractivity contribution in [2.75, 3.05) is 5.88 Å². The summed E-state index contributed by atoms with van der Waals surface area (Å²) >= 11 is 5.59. The summed E-state index contributed by atoms with van der Waals surface area (Å²) in [7, 11) is 0. The van der Waals surface area contributed by atoms with Crippen molar-refractivity contribution in [2.24, 2.45) is 0 Å². The molecule has 4 heteroatoms. The fourth-order valence-electron chi connectivity index (χ4n) is 1.32. The molecule has 0 unspecified atom stereocenters. The summed E-state index contributed by atoms with van der Waals surface area (Å²) in [6.45, 7) is 1.90. The van der Waals surface area contributed by atoms with Crippen molar-refractivity contribution in [3.05, 3.63) is 30.0 Å². The molecular formula is C11H12ClNO2. The molecule has 0 N–H and O–H groups in total. The number of halogens is 1. The van der Waals surface area contributed by atoms with Gasteiger partial charge < -0.3 is 8.83 Å². The van der Waals surface area contributed by atoms with E-state index in [1.54, 1.807) is 6.20 Å². The van der Waals surface area contributed by atoms with Crippen LogP contribution in [0, 0.1) is 6.92 Å². The van der Waals surface area contributed by atoms with Crippen LogP contribution in [0.4, 0.5) is 0 Å². The lowest BCUT2D eigenvalue weighted by Crippen LogP contribution is -1.84. The van der Waals surface area contributed by atoms with Gasteiger partial charge in [-0.05, 0) is 25.5 Å². The van der Waals surface area contributed by atoms with Crippen molar-refractivity contribution >= 4 is 11.6 Å². The maximum atomic E-state index is 5.59. The van der Waals surface area contributed by atoms with E-state index in [1.165, 1.54) is 0 Å². The van der Waals surface area contributed by atoms with Crippen molar-refractivity contribution in [2.45, 2.75) is 19.8 Å². The van der Waals surface area contributed by atoms with E-state index in [-0.39, 0.29) is 0 Å². The maximum absolute atomic E-state index is 5.59. The molecular weight excluding hydrogens is 214 g/mol. The summed E-state index contributed by atoms with van der Waals surface area (Å²) in [6, 6.07) is 3.78. The molecule has 0 aliphatic heterocycles. The highest BCUT2D eigenvalue weighted by atomic mass is 35.5. The van der Waals surface area contributed by atoms with Gasteiger partial charge in [-0.15, -0.1) is 11.6 Å². The molecule has 0 aliphatic carbocycles. The van der Waals surface area contributed by atoms with Crippen LogP contribution in [0.15, 0.2) is 27.2 Å². The number of hydrogen-bond acceptors (Lipinski definition) is 3. The first-order valence-corrected chi connectivity index (χ1v) is 5.40. The van der Waals surface area contributed by atoms with E-state index >= 15 is 0 Å².